The number of phenols is 2. The fourth-order valence-electron chi connectivity index (χ4n) is 5.31. The van der Waals surface area contributed by atoms with Crippen molar-refractivity contribution in [2.45, 2.75) is 149 Å². The summed E-state index contributed by atoms with van der Waals surface area (Å²) in [5.74, 6) is -0.197. The van der Waals surface area contributed by atoms with Gasteiger partial charge in [-0.05, 0) is 57.8 Å². The van der Waals surface area contributed by atoms with Gasteiger partial charge in [0, 0.05) is 58.4 Å². The molecule has 7 heteroatoms. The first-order chi connectivity index (χ1) is 19.9. The number of aliphatic carboxylic acids is 1. The van der Waals surface area contributed by atoms with Crippen molar-refractivity contribution in [2.75, 3.05) is 0 Å². The molecule has 0 heterocycles. The quantitative estimate of drug-likeness (QED) is 0.283. The van der Waals surface area contributed by atoms with E-state index in [1.165, 1.54) is 11.1 Å². The van der Waals surface area contributed by atoms with E-state index in [2.05, 4.69) is 107 Å². The topological polar surface area (TPSA) is 102 Å². The third kappa shape index (κ3) is 11.6. The van der Waals surface area contributed by atoms with Crippen LogP contribution in [0, 0.1) is 0 Å². The molecule has 1 fully saturated rings. The van der Waals surface area contributed by atoms with Crippen molar-refractivity contribution in [3.63, 3.8) is 0 Å². The van der Waals surface area contributed by atoms with E-state index < -0.39 is 5.97 Å². The van der Waals surface area contributed by atoms with Gasteiger partial charge in [0.25, 0.3) is 5.97 Å². The number of carboxylic acids is 1. The van der Waals surface area contributed by atoms with Crippen LogP contribution in [0.15, 0.2) is 34.3 Å². The van der Waals surface area contributed by atoms with Gasteiger partial charge in [-0.2, -0.15) is 0 Å². The number of carboxylic acid groups (broad SMARTS) is 1. The molecule has 0 aliphatic heterocycles. The monoisotopic (exact) mass is 665 g/mol. The second-order valence-electron chi connectivity index (χ2n) is 16.4. The fourth-order valence-corrected chi connectivity index (χ4v) is 5.31. The average Bonchev–Trinajstić information content (AvgIpc) is 2.84. The Morgan fingerprint density at radius 3 is 1.18 bits per heavy atom. The van der Waals surface area contributed by atoms with Gasteiger partial charge in [-0.25, -0.2) is 0 Å². The van der Waals surface area contributed by atoms with Crippen LogP contribution in [0.25, 0.3) is 0 Å². The number of carbonyl (C=O) groups is 1. The van der Waals surface area contributed by atoms with Crippen LogP contribution in [0.3, 0.4) is 0 Å². The van der Waals surface area contributed by atoms with Crippen LogP contribution in [0.4, 0.5) is 0 Å². The Kier molecular flexibility index (Phi) is 13.7. The molecule has 1 aliphatic rings. The largest absolute Gasteiger partial charge is 0.507 e. The van der Waals surface area contributed by atoms with Crippen LogP contribution >= 0.6 is 0 Å². The summed E-state index contributed by atoms with van der Waals surface area (Å²) in [7, 11) is 0. The van der Waals surface area contributed by atoms with E-state index in [4.69, 9.17) is 19.9 Å². The summed E-state index contributed by atoms with van der Waals surface area (Å²) in [5.41, 5.74) is 5.39. The van der Waals surface area contributed by atoms with Gasteiger partial charge in [-0.15, -0.1) is 0 Å². The first-order valence-corrected chi connectivity index (χ1v) is 15.9. The molecule has 3 rings (SSSR count). The van der Waals surface area contributed by atoms with E-state index in [9.17, 15) is 10.2 Å². The summed E-state index contributed by atoms with van der Waals surface area (Å²) < 4.78 is 0. The maximum Gasteiger partial charge on any atom is 0.300 e. The van der Waals surface area contributed by atoms with Crippen molar-refractivity contribution in [3.8, 4) is 11.5 Å². The molecule has 45 heavy (non-hydrogen) atoms. The molecule has 0 spiro atoms. The molecular weight excluding hydrogens is 607 g/mol. The zero-order valence-corrected chi connectivity index (χ0v) is 31.0. The second kappa shape index (κ2) is 15.3. The minimum absolute atomic E-state index is 0. The first-order valence-electron chi connectivity index (χ1n) is 15.9. The number of rotatable bonds is 4. The zero-order chi connectivity index (χ0) is 33.8. The molecule has 0 bridgehead atoms. The molecule has 2 atom stereocenters. The SMILES string of the molecule is CC(=O)O.CC(C)(C)c1cc(C=N[C@@H]2CCCC[C@H]2N=Cc2cc(C(C)(C)C)cc(C(C)(C)C)c2O)c(O)c(C(C)(C)C)c1.[Co]. The van der Waals surface area contributed by atoms with Crippen LogP contribution in [0.2, 0.25) is 0 Å². The smallest absolute Gasteiger partial charge is 0.300 e. The Balaban J connectivity index is 0.00000191. The van der Waals surface area contributed by atoms with Crippen LogP contribution in [-0.4, -0.2) is 45.8 Å². The molecule has 2 aromatic rings. The molecule has 6 nitrogen and oxygen atoms in total. The summed E-state index contributed by atoms with van der Waals surface area (Å²) in [6.45, 7) is 27.1. The maximum absolute atomic E-state index is 11.2. The summed E-state index contributed by atoms with van der Waals surface area (Å²) >= 11 is 0. The number of aliphatic imine (C=N–C) groups is 2. The van der Waals surface area contributed by atoms with Crippen LogP contribution < -0.4 is 0 Å². The number of aromatic hydroxyl groups is 2. The summed E-state index contributed by atoms with van der Waals surface area (Å²) in [6, 6.07) is 8.53. The van der Waals surface area contributed by atoms with E-state index in [0.29, 0.717) is 11.5 Å². The van der Waals surface area contributed by atoms with Crippen LogP contribution in [0.5, 0.6) is 11.5 Å². The van der Waals surface area contributed by atoms with Crippen LogP contribution in [-0.2, 0) is 43.2 Å². The van der Waals surface area contributed by atoms with E-state index in [-0.39, 0.29) is 50.5 Å². The summed E-state index contributed by atoms with van der Waals surface area (Å²) in [4.78, 5) is 19.1. The van der Waals surface area contributed by atoms with E-state index >= 15 is 0 Å². The van der Waals surface area contributed by atoms with Crippen molar-refractivity contribution in [2.24, 2.45) is 9.98 Å². The Morgan fingerprint density at radius 2 is 0.933 bits per heavy atom. The molecule has 0 aromatic heterocycles. The molecule has 0 unspecified atom stereocenters. The van der Waals surface area contributed by atoms with Gasteiger partial charge in [0.05, 0.1) is 12.1 Å². The molecule has 2 aromatic carbocycles. The Bertz CT molecular complexity index is 1260. The Morgan fingerprint density at radius 1 is 0.644 bits per heavy atom. The molecule has 1 radical (unpaired) electrons. The van der Waals surface area contributed by atoms with E-state index in [0.717, 1.165) is 54.9 Å². The average molecular weight is 666 g/mol. The number of hydrogen-bond donors (Lipinski definition) is 3. The van der Waals surface area contributed by atoms with Crippen LogP contribution in [0.1, 0.15) is 149 Å². The van der Waals surface area contributed by atoms with Gasteiger partial charge in [-0.3, -0.25) is 14.8 Å². The van der Waals surface area contributed by atoms with Gasteiger partial charge in [-0.1, -0.05) is 108 Å². The minimum atomic E-state index is -0.833. The number of nitrogens with zero attached hydrogens (tertiary/aromatic N) is 2. The van der Waals surface area contributed by atoms with Gasteiger partial charge < -0.3 is 15.3 Å². The van der Waals surface area contributed by atoms with Gasteiger partial charge in [0.15, 0.2) is 0 Å². The normalized spacial score (nSPS) is 18.0. The predicted molar refractivity (Wildman–Crippen MR) is 186 cm³/mol. The van der Waals surface area contributed by atoms with E-state index in [1.54, 1.807) is 0 Å². The maximum atomic E-state index is 11.2. The van der Waals surface area contributed by atoms with Crippen molar-refractivity contribution in [1.82, 2.24) is 0 Å². The summed E-state index contributed by atoms with van der Waals surface area (Å²) in [6.07, 6.45) is 7.90. The van der Waals surface area contributed by atoms with Crippen molar-refractivity contribution >= 4 is 18.4 Å². The molecule has 253 valence electrons. The van der Waals surface area contributed by atoms with Gasteiger partial charge >= 0.3 is 0 Å². The number of phenolic OH excluding ortho intramolecular Hbond substituents is 2. The molecular formula is C38H58CoN2O4. The predicted octanol–water partition coefficient (Wildman–Crippen LogP) is 9.23. The standard InChI is InChI=1S/C36H54N2O2.C2H4O2.Co/c1-33(2,3)25-17-23(31(39)27(19-25)35(7,8)9)21-37-29-15-13-14-16-30(29)38-22-24-18-26(34(4,5)6)20-28(32(24)40)36(10,11)12;1-2(3)4;/h17-22,29-30,39-40H,13-16H2,1-12H3;1H3,(H,3,4);/t29-,30-;;/m1../s1. The zero-order valence-electron chi connectivity index (χ0n) is 29.9. The molecule has 0 saturated heterocycles. The molecule has 3 N–H and O–H groups in total. The Labute approximate surface area is 283 Å². The second-order valence-corrected chi connectivity index (χ2v) is 16.4. The third-order valence-corrected chi connectivity index (χ3v) is 8.13. The molecule has 0 amide bonds. The number of hydrogen-bond acceptors (Lipinski definition) is 5. The third-order valence-electron chi connectivity index (χ3n) is 8.13. The Hall–Kier alpha value is -2.64. The number of benzene rings is 2. The van der Waals surface area contributed by atoms with Crippen molar-refractivity contribution in [1.29, 1.82) is 0 Å². The van der Waals surface area contributed by atoms with Crippen molar-refractivity contribution < 1.29 is 36.9 Å². The van der Waals surface area contributed by atoms with E-state index in [1.807, 2.05) is 12.4 Å². The minimum Gasteiger partial charge on any atom is -0.507 e. The van der Waals surface area contributed by atoms with Crippen molar-refractivity contribution in [3.05, 3.63) is 57.6 Å². The first kappa shape index (κ1) is 40.4. The van der Waals surface area contributed by atoms with Gasteiger partial charge in [0.2, 0.25) is 0 Å². The fraction of sp³-hybridized carbons (Fsp3) is 0.605. The molecule has 1 saturated carbocycles. The summed E-state index contributed by atoms with van der Waals surface area (Å²) in [5, 5.41) is 29.9. The van der Waals surface area contributed by atoms with Gasteiger partial charge in [0.1, 0.15) is 11.5 Å². The molecule has 1 aliphatic carbocycles.